The van der Waals surface area contributed by atoms with Crippen LogP contribution in [0.15, 0.2) is 35.7 Å². The molecule has 0 fully saturated rings. The zero-order valence-corrected chi connectivity index (χ0v) is 12.2. The van der Waals surface area contributed by atoms with Gasteiger partial charge in [0.2, 0.25) is 0 Å². The lowest BCUT2D eigenvalue weighted by Crippen LogP contribution is -2.16. The molecule has 1 atom stereocenters. The van der Waals surface area contributed by atoms with E-state index in [9.17, 15) is 5.11 Å². The average molecular weight is 260 g/mol. The van der Waals surface area contributed by atoms with Crippen molar-refractivity contribution in [1.29, 1.82) is 0 Å². The maximum Gasteiger partial charge on any atom is 0.105 e. The van der Waals surface area contributed by atoms with Crippen molar-refractivity contribution in [1.82, 2.24) is 0 Å². The number of hydrogen-bond donors (Lipinski definition) is 1. The minimum atomic E-state index is -0.522. The Morgan fingerprint density at radius 3 is 2.28 bits per heavy atom. The van der Waals surface area contributed by atoms with Gasteiger partial charge in [0.25, 0.3) is 0 Å². The number of rotatable bonds is 2. The molecule has 0 saturated heterocycles. The summed E-state index contributed by atoms with van der Waals surface area (Å²) in [5.41, 5.74) is 3.30. The van der Waals surface area contributed by atoms with E-state index in [0.29, 0.717) is 0 Å². The van der Waals surface area contributed by atoms with Gasteiger partial charge in [-0.3, -0.25) is 0 Å². The lowest BCUT2D eigenvalue weighted by atomic mass is 9.81. The fraction of sp³-hybridized carbons (Fsp3) is 0.375. The summed E-state index contributed by atoms with van der Waals surface area (Å²) >= 11 is 1.68. The highest BCUT2D eigenvalue weighted by Gasteiger charge is 2.23. The zero-order valence-electron chi connectivity index (χ0n) is 11.4. The summed E-state index contributed by atoms with van der Waals surface area (Å²) in [6.07, 6.45) is -0.522. The molecule has 2 heteroatoms. The van der Waals surface area contributed by atoms with Crippen LogP contribution >= 0.6 is 11.3 Å². The van der Waals surface area contributed by atoms with Crippen LogP contribution < -0.4 is 0 Å². The summed E-state index contributed by atoms with van der Waals surface area (Å²) < 4.78 is 0. The van der Waals surface area contributed by atoms with Crippen LogP contribution in [-0.2, 0) is 5.41 Å². The van der Waals surface area contributed by atoms with Gasteiger partial charge in [-0.1, -0.05) is 45.0 Å². The van der Waals surface area contributed by atoms with E-state index < -0.39 is 6.10 Å². The molecule has 1 unspecified atom stereocenters. The third-order valence-electron chi connectivity index (χ3n) is 3.26. The van der Waals surface area contributed by atoms with Crippen molar-refractivity contribution < 1.29 is 5.11 Å². The molecule has 2 rings (SSSR count). The molecule has 0 aliphatic rings. The maximum absolute atomic E-state index is 10.6. The Morgan fingerprint density at radius 1 is 1.06 bits per heavy atom. The van der Waals surface area contributed by atoms with Crippen molar-refractivity contribution in [3.63, 3.8) is 0 Å². The quantitative estimate of drug-likeness (QED) is 0.846. The molecule has 0 aliphatic carbocycles. The molecule has 1 nitrogen and oxygen atoms in total. The first-order valence-corrected chi connectivity index (χ1v) is 7.10. The van der Waals surface area contributed by atoms with Crippen LogP contribution in [0, 0.1) is 6.92 Å². The average Bonchev–Trinajstić information content (AvgIpc) is 2.73. The fourth-order valence-corrected chi connectivity index (χ4v) is 3.00. The van der Waals surface area contributed by atoms with Crippen molar-refractivity contribution in [2.24, 2.45) is 0 Å². The molecule has 1 N–H and O–H groups in total. The third-order valence-corrected chi connectivity index (χ3v) is 4.12. The van der Waals surface area contributed by atoms with Crippen molar-refractivity contribution in [2.75, 3.05) is 0 Å². The van der Waals surface area contributed by atoms with E-state index >= 15 is 0 Å². The van der Waals surface area contributed by atoms with Gasteiger partial charge in [0.15, 0.2) is 0 Å². The normalized spacial score (nSPS) is 13.6. The van der Waals surface area contributed by atoms with Crippen LogP contribution in [0.1, 0.15) is 48.4 Å². The molecule has 2 aromatic rings. The molecule has 96 valence electrons. The van der Waals surface area contributed by atoms with E-state index in [1.165, 1.54) is 10.4 Å². The lowest BCUT2D eigenvalue weighted by Gasteiger charge is -2.25. The summed E-state index contributed by atoms with van der Waals surface area (Å²) in [5, 5.41) is 12.6. The van der Waals surface area contributed by atoms with Gasteiger partial charge in [-0.25, -0.2) is 0 Å². The molecule has 1 heterocycles. The van der Waals surface area contributed by atoms with Crippen LogP contribution in [0.25, 0.3) is 0 Å². The smallest absolute Gasteiger partial charge is 0.105 e. The van der Waals surface area contributed by atoms with Gasteiger partial charge in [-0.2, -0.15) is 0 Å². The van der Waals surface area contributed by atoms with Crippen LogP contribution in [-0.4, -0.2) is 5.11 Å². The number of hydrogen-bond acceptors (Lipinski definition) is 2. The second-order valence-electron chi connectivity index (χ2n) is 5.67. The first-order chi connectivity index (χ1) is 8.41. The Bertz CT molecular complexity index is 534. The molecular weight excluding hydrogens is 240 g/mol. The molecule has 1 aromatic heterocycles. The molecule has 1 aromatic carbocycles. The second kappa shape index (κ2) is 4.87. The molecule has 0 bridgehead atoms. The first kappa shape index (κ1) is 13.3. The van der Waals surface area contributed by atoms with Crippen LogP contribution in [0.5, 0.6) is 0 Å². The SMILES string of the molecule is Cc1sccc1C(O)c1ccccc1C(C)(C)C. The van der Waals surface area contributed by atoms with Crippen LogP contribution in [0.2, 0.25) is 0 Å². The van der Waals surface area contributed by atoms with Crippen molar-refractivity contribution >= 4 is 11.3 Å². The Labute approximate surface area is 113 Å². The van der Waals surface area contributed by atoms with Gasteiger partial charge in [0.05, 0.1) is 0 Å². The number of aliphatic hydroxyl groups is 1. The summed E-state index contributed by atoms with van der Waals surface area (Å²) in [5.74, 6) is 0. The van der Waals surface area contributed by atoms with Gasteiger partial charge in [-0.05, 0) is 40.5 Å². The predicted molar refractivity (Wildman–Crippen MR) is 78.3 cm³/mol. The number of aliphatic hydroxyl groups excluding tert-OH is 1. The highest BCUT2D eigenvalue weighted by Crippen LogP contribution is 2.34. The van der Waals surface area contributed by atoms with Gasteiger partial charge < -0.3 is 5.11 Å². The molecule has 0 aliphatic heterocycles. The monoisotopic (exact) mass is 260 g/mol. The highest BCUT2D eigenvalue weighted by atomic mass is 32.1. The number of aryl methyl sites for hydroxylation is 1. The van der Waals surface area contributed by atoms with E-state index in [-0.39, 0.29) is 5.41 Å². The summed E-state index contributed by atoms with van der Waals surface area (Å²) in [6, 6.07) is 10.2. The minimum absolute atomic E-state index is 0.0432. The summed E-state index contributed by atoms with van der Waals surface area (Å²) in [4.78, 5) is 1.19. The Balaban J connectivity index is 2.49. The minimum Gasteiger partial charge on any atom is -0.384 e. The largest absolute Gasteiger partial charge is 0.384 e. The molecule has 0 amide bonds. The molecule has 18 heavy (non-hydrogen) atoms. The molecule has 0 spiro atoms. The third kappa shape index (κ3) is 2.50. The van der Waals surface area contributed by atoms with Crippen molar-refractivity contribution in [3.8, 4) is 0 Å². The summed E-state index contributed by atoms with van der Waals surface area (Å²) in [6.45, 7) is 8.60. The van der Waals surface area contributed by atoms with Gasteiger partial charge in [0.1, 0.15) is 6.10 Å². The number of benzene rings is 1. The van der Waals surface area contributed by atoms with E-state index in [1.54, 1.807) is 11.3 Å². The number of thiophene rings is 1. The Morgan fingerprint density at radius 2 is 1.72 bits per heavy atom. The second-order valence-corrected chi connectivity index (χ2v) is 6.79. The first-order valence-electron chi connectivity index (χ1n) is 6.22. The summed E-state index contributed by atoms with van der Waals surface area (Å²) in [7, 11) is 0. The highest BCUT2D eigenvalue weighted by molar-refractivity contribution is 7.10. The maximum atomic E-state index is 10.6. The molecular formula is C16H20OS. The van der Waals surface area contributed by atoms with Crippen LogP contribution in [0.4, 0.5) is 0 Å². The fourth-order valence-electron chi connectivity index (χ4n) is 2.26. The van der Waals surface area contributed by atoms with E-state index in [2.05, 4.69) is 33.8 Å². The predicted octanol–water partition coefficient (Wildman–Crippen LogP) is 4.44. The van der Waals surface area contributed by atoms with Gasteiger partial charge in [0, 0.05) is 4.88 Å². The molecule has 0 saturated carbocycles. The van der Waals surface area contributed by atoms with Gasteiger partial charge >= 0.3 is 0 Å². The van der Waals surface area contributed by atoms with Crippen molar-refractivity contribution in [3.05, 3.63) is 57.3 Å². The topological polar surface area (TPSA) is 20.2 Å². The standard InChI is InChI=1S/C16H20OS/c1-11-12(9-10-18-11)15(17)13-7-5-6-8-14(13)16(2,3)4/h5-10,15,17H,1-4H3. The van der Waals surface area contributed by atoms with E-state index in [0.717, 1.165) is 11.1 Å². The Hall–Kier alpha value is -1.12. The van der Waals surface area contributed by atoms with Crippen molar-refractivity contribution in [2.45, 2.75) is 39.2 Å². The lowest BCUT2D eigenvalue weighted by molar-refractivity contribution is 0.217. The van der Waals surface area contributed by atoms with E-state index in [4.69, 9.17) is 0 Å². The molecule has 0 radical (unpaired) electrons. The zero-order chi connectivity index (χ0) is 13.3. The Kier molecular flexibility index (Phi) is 3.60. The van der Waals surface area contributed by atoms with Gasteiger partial charge in [-0.15, -0.1) is 11.3 Å². The van der Waals surface area contributed by atoms with Crippen LogP contribution in [0.3, 0.4) is 0 Å². The van der Waals surface area contributed by atoms with E-state index in [1.807, 2.05) is 29.6 Å².